The normalized spacial score (nSPS) is 10.4. The van der Waals surface area contributed by atoms with E-state index in [2.05, 4.69) is 0 Å². The molecule has 0 aliphatic rings. The largest absolute Gasteiger partial charge is 0.298 e. The summed E-state index contributed by atoms with van der Waals surface area (Å²) in [6.45, 7) is 0. The van der Waals surface area contributed by atoms with Crippen LogP contribution < -0.4 is 0 Å². The maximum Gasteiger partial charge on any atom is 0.147 e. The lowest BCUT2D eigenvalue weighted by Gasteiger charge is -2.04. The summed E-state index contributed by atoms with van der Waals surface area (Å²) in [4.78, 5) is 12.7. The fourth-order valence-corrected chi connectivity index (χ4v) is 2.56. The zero-order valence-electron chi connectivity index (χ0n) is 10.1. The van der Waals surface area contributed by atoms with Gasteiger partial charge in [0.1, 0.15) is 11.6 Å². The molecular weight excluding hydrogens is 283 g/mol. The molecule has 1 nitrogen and oxygen atoms in total. The van der Waals surface area contributed by atoms with Crippen molar-refractivity contribution in [3.8, 4) is 0 Å². The van der Waals surface area contributed by atoms with E-state index in [1.54, 1.807) is 18.2 Å². The smallest absolute Gasteiger partial charge is 0.147 e. The number of benzene rings is 2. The van der Waals surface area contributed by atoms with Crippen LogP contribution in [0.1, 0.15) is 5.56 Å². The number of carbonyl (C=O) groups is 1. The van der Waals surface area contributed by atoms with Gasteiger partial charge in [0.25, 0.3) is 0 Å². The first-order chi connectivity index (χ1) is 9.15. The number of halogens is 2. The number of Topliss-reactive ketones (excluding diaryl/α,β-unsaturated/α-hetero) is 1. The van der Waals surface area contributed by atoms with Crippen LogP contribution in [0.15, 0.2) is 53.4 Å². The van der Waals surface area contributed by atoms with Gasteiger partial charge >= 0.3 is 0 Å². The molecule has 0 aliphatic heterocycles. The Hall–Kier alpha value is -1.32. The average Bonchev–Trinajstić information content (AvgIpc) is 2.41. The van der Waals surface area contributed by atoms with Crippen molar-refractivity contribution in [1.82, 2.24) is 0 Å². The highest BCUT2D eigenvalue weighted by Crippen LogP contribution is 2.20. The van der Waals surface area contributed by atoms with E-state index < -0.39 is 0 Å². The van der Waals surface area contributed by atoms with Crippen LogP contribution in [0.2, 0.25) is 5.02 Å². The van der Waals surface area contributed by atoms with Gasteiger partial charge in [-0.05, 0) is 35.9 Å². The average molecular weight is 295 g/mol. The zero-order chi connectivity index (χ0) is 13.7. The number of thioether (sulfide) groups is 1. The Morgan fingerprint density at radius 1 is 1.11 bits per heavy atom. The maximum atomic E-state index is 12.7. The van der Waals surface area contributed by atoms with Gasteiger partial charge in [0.15, 0.2) is 0 Å². The summed E-state index contributed by atoms with van der Waals surface area (Å²) in [7, 11) is 0. The van der Waals surface area contributed by atoms with Gasteiger partial charge in [0, 0.05) is 16.3 Å². The Morgan fingerprint density at radius 2 is 1.79 bits per heavy atom. The Labute approximate surface area is 120 Å². The third-order valence-electron chi connectivity index (χ3n) is 2.56. The van der Waals surface area contributed by atoms with Crippen LogP contribution in [0.4, 0.5) is 4.39 Å². The molecule has 0 fully saturated rings. The van der Waals surface area contributed by atoms with Gasteiger partial charge in [-0.2, -0.15) is 0 Å². The van der Waals surface area contributed by atoms with Crippen LogP contribution in [-0.2, 0) is 11.2 Å². The zero-order valence-corrected chi connectivity index (χ0v) is 11.7. The predicted molar refractivity (Wildman–Crippen MR) is 77.3 cm³/mol. The molecule has 0 bridgehead atoms. The monoisotopic (exact) mass is 294 g/mol. The van der Waals surface area contributed by atoms with Gasteiger partial charge in [-0.25, -0.2) is 4.39 Å². The molecule has 19 heavy (non-hydrogen) atoms. The second kappa shape index (κ2) is 6.73. The topological polar surface area (TPSA) is 17.1 Å². The van der Waals surface area contributed by atoms with Crippen molar-refractivity contribution in [2.24, 2.45) is 0 Å². The van der Waals surface area contributed by atoms with Crippen LogP contribution in [-0.4, -0.2) is 11.5 Å². The maximum absolute atomic E-state index is 12.7. The Bertz CT molecular complexity index is 569. The first kappa shape index (κ1) is 14.1. The predicted octanol–water partition coefficient (Wildman–Crippen LogP) is 4.38. The molecular formula is C15H12ClFOS. The molecule has 98 valence electrons. The number of ketones is 1. The fourth-order valence-electron chi connectivity index (χ4n) is 1.60. The van der Waals surface area contributed by atoms with Gasteiger partial charge in [0.05, 0.1) is 5.75 Å². The first-order valence-electron chi connectivity index (χ1n) is 5.78. The second-order valence-electron chi connectivity index (χ2n) is 4.05. The SMILES string of the molecule is O=C(CSc1ccc(F)cc1)Cc1ccccc1Cl. The summed E-state index contributed by atoms with van der Waals surface area (Å²) >= 11 is 7.41. The highest BCUT2D eigenvalue weighted by molar-refractivity contribution is 8.00. The lowest BCUT2D eigenvalue weighted by molar-refractivity contribution is -0.116. The molecule has 0 atom stereocenters. The van der Waals surface area contributed by atoms with Crippen molar-refractivity contribution >= 4 is 29.1 Å². The fraction of sp³-hybridized carbons (Fsp3) is 0.133. The molecule has 0 saturated heterocycles. The minimum Gasteiger partial charge on any atom is -0.298 e. The Balaban J connectivity index is 1.88. The van der Waals surface area contributed by atoms with Gasteiger partial charge in [-0.3, -0.25) is 4.79 Å². The van der Waals surface area contributed by atoms with Crippen LogP contribution >= 0.6 is 23.4 Å². The Kier molecular flexibility index (Phi) is 5.00. The molecule has 2 rings (SSSR count). The van der Waals surface area contributed by atoms with E-state index in [1.807, 2.05) is 18.2 Å². The third kappa shape index (κ3) is 4.37. The summed E-state index contributed by atoms with van der Waals surface area (Å²) in [6.07, 6.45) is 0.327. The summed E-state index contributed by atoms with van der Waals surface area (Å²) < 4.78 is 12.7. The van der Waals surface area contributed by atoms with E-state index in [9.17, 15) is 9.18 Å². The van der Waals surface area contributed by atoms with E-state index in [4.69, 9.17) is 11.6 Å². The molecule has 0 aliphatic carbocycles. The minimum absolute atomic E-state index is 0.0995. The van der Waals surface area contributed by atoms with Crippen LogP contribution in [0.25, 0.3) is 0 Å². The van der Waals surface area contributed by atoms with Gasteiger partial charge in [-0.15, -0.1) is 11.8 Å². The number of hydrogen-bond acceptors (Lipinski definition) is 2. The molecule has 0 N–H and O–H groups in total. The minimum atomic E-state index is -0.272. The molecule has 4 heteroatoms. The van der Waals surface area contributed by atoms with E-state index in [0.29, 0.717) is 17.2 Å². The summed E-state index contributed by atoms with van der Waals surface area (Å²) in [5.41, 5.74) is 0.842. The van der Waals surface area contributed by atoms with Crippen molar-refractivity contribution in [2.75, 3.05) is 5.75 Å². The van der Waals surface area contributed by atoms with Crippen LogP contribution in [0, 0.1) is 5.82 Å². The van der Waals surface area contributed by atoms with Crippen molar-refractivity contribution < 1.29 is 9.18 Å². The molecule has 2 aromatic rings. The molecule has 0 saturated carbocycles. The van der Waals surface area contributed by atoms with E-state index in [-0.39, 0.29) is 11.6 Å². The second-order valence-corrected chi connectivity index (χ2v) is 5.51. The summed E-state index contributed by atoms with van der Waals surface area (Å²) in [6, 6.07) is 13.4. The molecule has 0 spiro atoms. The van der Waals surface area contributed by atoms with E-state index in [0.717, 1.165) is 10.5 Å². The standard InChI is InChI=1S/C15H12ClFOS/c16-15-4-2-1-3-11(15)9-13(18)10-19-14-7-5-12(17)6-8-14/h1-8H,9-10H2. The lowest BCUT2D eigenvalue weighted by atomic mass is 10.1. The van der Waals surface area contributed by atoms with Crippen LogP contribution in [0.3, 0.4) is 0 Å². The molecule has 0 radical (unpaired) electrons. The Morgan fingerprint density at radius 3 is 2.47 bits per heavy atom. The van der Waals surface area contributed by atoms with E-state index in [1.165, 1.54) is 23.9 Å². The lowest BCUT2D eigenvalue weighted by Crippen LogP contribution is -2.06. The van der Waals surface area contributed by atoms with Crippen molar-refractivity contribution in [3.63, 3.8) is 0 Å². The summed E-state index contributed by atoms with van der Waals surface area (Å²) in [5.74, 6) is 0.186. The quantitative estimate of drug-likeness (QED) is 0.761. The van der Waals surface area contributed by atoms with Crippen molar-refractivity contribution in [3.05, 3.63) is 64.9 Å². The molecule has 0 unspecified atom stereocenters. The molecule has 0 heterocycles. The highest BCUT2D eigenvalue weighted by atomic mass is 35.5. The first-order valence-corrected chi connectivity index (χ1v) is 7.15. The molecule has 0 amide bonds. The number of hydrogen-bond donors (Lipinski definition) is 0. The van der Waals surface area contributed by atoms with Gasteiger partial charge in [0.2, 0.25) is 0 Å². The van der Waals surface area contributed by atoms with Gasteiger partial charge in [-0.1, -0.05) is 29.8 Å². The van der Waals surface area contributed by atoms with Crippen molar-refractivity contribution in [1.29, 1.82) is 0 Å². The summed E-state index contributed by atoms with van der Waals surface area (Å²) in [5, 5.41) is 0.614. The molecule has 0 aromatic heterocycles. The highest BCUT2D eigenvalue weighted by Gasteiger charge is 2.07. The van der Waals surface area contributed by atoms with Crippen molar-refractivity contribution in [2.45, 2.75) is 11.3 Å². The van der Waals surface area contributed by atoms with E-state index >= 15 is 0 Å². The third-order valence-corrected chi connectivity index (χ3v) is 4.00. The molecule has 2 aromatic carbocycles. The van der Waals surface area contributed by atoms with Gasteiger partial charge < -0.3 is 0 Å². The van der Waals surface area contributed by atoms with Crippen LogP contribution in [0.5, 0.6) is 0 Å². The number of rotatable bonds is 5. The number of carbonyl (C=O) groups excluding carboxylic acids is 1.